The lowest BCUT2D eigenvalue weighted by molar-refractivity contribution is -0.0125. The van der Waals surface area contributed by atoms with E-state index in [9.17, 15) is 9.50 Å². The van der Waals surface area contributed by atoms with Gasteiger partial charge in [0.25, 0.3) is 0 Å². The molecule has 1 aromatic carbocycles. The summed E-state index contributed by atoms with van der Waals surface area (Å²) in [6.45, 7) is 2.17. The van der Waals surface area contributed by atoms with Crippen LogP contribution in [0.15, 0.2) is 22.7 Å². The van der Waals surface area contributed by atoms with Gasteiger partial charge in [-0.3, -0.25) is 0 Å². The Balaban J connectivity index is 2.16. The average Bonchev–Trinajstić information content (AvgIpc) is 2.22. The van der Waals surface area contributed by atoms with Gasteiger partial charge in [-0.25, -0.2) is 4.39 Å². The molecule has 0 aromatic heterocycles. The molecule has 17 heavy (non-hydrogen) atoms. The number of rotatable bonds is 2. The van der Waals surface area contributed by atoms with Gasteiger partial charge in [0.05, 0.1) is 5.60 Å². The normalized spacial score (nSPS) is 29.3. The monoisotopic (exact) mass is 300 g/mol. The standard InChI is InChI=1S/C14H18BrFO/c1-10-3-2-6-14(17,8-10)9-11-7-12(16)4-5-13(11)15/h4-5,7,10,17H,2-3,6,8-9H2,1H3. The Hall–Kier alpha value is -0.410. The second-order valence-electron chi connectivity index (χ2n) is 5.34. The van der Waals surface area contributed by atoms with Crippen molar-refractivity contribution in [3.63, 3.8) is 0 Å². The van der Waals surface area contributed by atoms with Crippen molar-refractivity contribution < 1.29 is 9.50 Å². The molecule has 1 aromatic rings. The quantitative estimate of drug-likeness (QED) is 0.873. The first-order valence-corrected chi connectivity index (χ1v) is 6.94. The van der Waals surface area contributed by atoms with E-state index in [2.05, 4.69) is 22.9 Å². The minimum absolute atomic E-state index is 0.240. The SMILES string of the molecule is CC1CCCC(O)(Cc2cc(F)ccc2Br)C1. The molecule has 0 heterocycles. The fourth-order valence-corrected chi connectivity index (χ4v) is 3.21. The van der Waals surface area contributed by atoms with Gasteiger partial charge in [-0.05, 0) is 42.5 Å². The van der Waals surface area contributed by atoms with Crippen molar-refractivity contribution >= 4 is 15.9 Å². The molecule has 2 atom stereocenters. The lowest BCUT2D eigenvalue weighted by atomic mass is 9.76. The van der Waals surface area contributed by atoms with Crippen LogP contribution in [0.1, 0.15) is 38.2 Å². The zero-order chi connectivity index (χ0) is 12.5. The minimum atomic E-state index is -0.659. The molecule has 0 spiro atoms. The number of hydrogen-bond donors (Lipinski definition) is 1. The Morgan fingerprint density at radius 3 is 3.00 bits per heavy atom. The number of halogens is 2. The summed E-state index contributed by atoms with van der Waals surface area (Å²) < 4.78 is 14.1. The van der Waals surface area contributed by atoms with E-state index in [0.29, 0.717) is 12.3 Å². The molecule has 1 fully saturated rings. The Kier molecular flexibility index (Phi) is 3.88. The van der Waals surface area contributed by atoms with E-state index in [-0.39, 0.29) is 5.82 Å². The maximum absolute atomic E-state index is 13.2. The van der Waals surface area contributed by atoms with Crippen LogP contribution < -0.4 is 0 Å². The maximum Gasteiger partial charge on any atom is 0.123 e. The molecular formula is C14H18BrFO. The van der Waals surface area contributed by atoms with E-state index < -0.39 is 5.60 Å². The van der Waals surface area contributed by atoms with Crippen molar-refractivity contribution in [3.8, 4) is 0 Å². The van der Waals surface area contributed by atoms with Gasteiger partial charge in [-0.2, -0.15) is 0 Å². The molecule has 1 N–H and O–H groups in total. The number of benzene rings is 1. The fourth-order valence-electron chi connectivity index (χ4n) is 2.83. The highest BCUT2D eigenvalue weighted by Gasteiger charge is 2.33. The summed E-state index contributed by atoms with van der Waals surface area (Å²) in [5.41, 5.74) is 0.204. The molecule has 94 valence electrons. The summed E-state index contributed by atoms with van der Waals surface area (Å²) >= 11 is 3.42. The molecule has 0 amide bonds. The van der Waals surface area contributed by atoms with Crippen molar-refractivity contribution in [1.82, 2.24) is 0 Å². The number of hydrogen-bond acceptors (Lipinski definition) is 1. The highest BCUT2D eigenvalue weighted by molar-refractivity contribution is 9.10. The summed E-state index contributed by atoms with van der Waals surface area (Å²) in [6.07, 6.45) is 4.42. The van der Waals surface area contributed by atoms with Crippen LogP contribution >= 0.6 is 15.9 Å². The van der Waals surface area contributed by atoms with E-state index in [1.807, 2.05) is 0 Å². The second kappa shape index (κ2) is 5.07. The van der Waals surface area contributed by atoms with Crippen molar-refractivity contribution in [2.24, 2.45) is 5.92 Å². The molecule has 1 aliphatic rings. The van der Waals surface area contributed by atoms with Gasteiger partial charge < -0.3 is 5.11 Å². The lowest BCUT2D eigenvalue weighted by Crippen LogP contribution is -2.36. The molecule has 2 unspecified atom stereocenters. The topological polar surface area (TPSA) is 20.2 Å². The smallest absolute Gasteiger partial charge is 0.123 e. The molecule has 0 radical (unpaired) electrons. The zero-order valence-corrected chi connectivity index (χ0v) is 11.6. The predicted molar refractivity (Wildman–Crippen MR) is 70.4 cm³/mol. The Morgan fingerprint density at radius 1 is 1.53 bits per heavy atom. The van der Waals surface area contributed by atoms with Crippen molar-refractivity contribution in [2.75, 3.05) is 0 Å². The summed E-state index contributed by atoms with van der Waals surface area (Å²) in [5.74, 6) is 0.316. The van der Waals surface area contributed by atoms with E-state index in [0.717, 1.165) is 29.3 Å². The van der Waals surface area contributed by atoms with Gasteiger partial charge in [0, 0.05) is 10.9 Å². The Bertz CT molecular complexity index is 407. The molecule has 0 aliphatic heterocycles. The largest absolute Gasteiger partial charge is 0.390 e. The van der Waals surface area contributed by atoms with Crippen molar-refractivity contribution in [3.05, 3.63) is 34.1 Å². The van der Waals surface area contributed by atoms with E-state index in [4.69, 9.17) is 0 Å². The van der Waals surface area contributed by atoms with Crippen LogP contribution in [0.3, 0.4) is 0 Å². The van der Waals surface area contributed by atoms with Gasteiger partial charge in [0.2, 0.25) is 0 Å². The van der Waals surface area contributed by atoms with Crippen molar-refractivity contribution in [2.45, 2.75) is 44.6 Å². The lowest BCUT2D eigenvalue weighted by Gasteiger charge is -2.36. The molecule has 2 rings (SSSR count). The van der Waals surface area contributed by atoms with Gasteiger partial charge in [0.1, 0.15) is 5.82 Å². The van der Waals surface area contributed by atoms with Gasteiger partial charge in [-0.15, -0.1) is 0 Å². The average molecular weight is 301 g/mol. The molecule has 3 heteroatoms. The molecule has 1 aliphatic carbocycles. The van der Waals surface area contributed by atoms with Crippen LogP contribution in [0, 0.1) is 11.7 Å². The van der Waals surface area contributed by atoms with Gasteiger partial charge >= 0.3 is 0 Å². The predicted octanol–water partition coefficient (Wildman–Crippen LogP) is 4.07. The molecular weight excluding hydrogens is 283 g/mol. The van der Waals surface area contributed by atoms with Crippen LogP contribution in [-0.2, 0) is 6.42 Å². The minimum Gasteiger partial charge on any atom is -0.390 e. The third kappa shape index (κ3) is 3.29. The van der Waals surface area contributed by atoms with Crippen LogP contribution in [0.4, 0.5) is 4.39 Å². The van der Waals surface area contributed by atoms with Crippen LogP contribution in [0.2, 0.25) is 0 Å². The second-order valence-corrected chi connectivity index (χ2v) is 6.19. The molecule has 0 bridgehead atoms. The highest BCUT2D eigenvalue weighted by Crippen LogP contribution is 2.36. The maximum atomic E-state index is 13.2. The van der Waals surface area contributed by atoms with Crippen LogP contribution in [-0.4, -0.2) is 10.7 Å². The Labute approximate surface area is 110 Å². The zero-order valence-electron chi connectivity index (χ0n) is 10.0. The molecule has 1 saturated carbocycles. The van der Waals surface area contributed by atoms with E-state index in [1.54, 1.807) is 6.07 Å². The summed E-state index contributed by atoms with van der Waals surface area (Å²) in [5, 5.41) is 10.6. The first-order valence-electron chi connectivity index (χ1n) is 6.15. The fraction of sp³-hybridized carbons (Fsp3) is 0.571. The van der Waals surface area contributed by atoms with Crippen molar-refractivity contribution in [1.29, 1.82) is 0 Å². The van der Waals surface area contributed by atoms with E-state index in [1.165, 1.54) is 18.6 Å². The first-order chi connectivity index (χ1) is 7.98. The summed E-state index contributed by atoms with van der Waals surface area (Å²) in [7, 11) is 0. The van der Waals surface area contributed by atoms with E-state index >= 15 is 0 Å². The van der Waals surface area contributed by atoms with Crippen LogP contribution in [0.5, 0.6) is 0 Å². The van der Waals surface area contributed by atoms with Crippen LogP contribution in [0.25, 0.3) is 0 Å². The molecule has 0 saturated heterocycles. The summed E-state index contributed by atoms with van der Waals surface area (Å²) in [4.78, 5) is 0. The van der Waals surface area contributed by atoms with Gasteiger partial charge in [0.15, 0.2) is 0 Å². The summed E-state index contributed by atoms with van der Waals surface area (Å²) in [6, 6.07) is 4.66. The number of aliphatic hydroxyl groups is 1. The third-order valence-electron chi connectivity index (χ3n) is 3.59. The van der Waals surface area contributed by atoms with Gasteiger partial charge in [-0.1, -0.05) is 35.7 Å². The Morgan fingerprint density at radius 2 is 2.29 bits per heavy atom. The highest BCUT2D eigenvalue weighted by atomic mass is 79.9. The molecule has 1 nitrogen and oxygen atoms in total. The third-order valence-corrected chi connectivity index (χ3v) is 4.37. The first kappa shape index (κ1) is 13.0.